The summed E-state index contributed by atoms with van der Waals surface area (Å²) < 4.78 is 0. The van der Waals surface area contributed by atoms with Crippen molar-refractivity contribution in [2.24, 2.45) is 0 Å². The van der Waals surface area contributed by atoms with E-state index in [0.29, 0.717) is 11.6 Å². The first-order valence-electron chi connectivity index (χ1n) is 38.8. The molecule has 8 heteroatoms. The van der Waals surface area contributed by atoms with E-state index in [1.54, 1.807) is 0 Å². The monoisotopic (exact) mass is 1440 g/mol. The minimum Gasteiger partial charge on any atom is -0.256 e. The van der Waals surface area contributed by atoms with Crippen LogP contribution in [0.2, 0.25) is 0 Å². The zero-order valence-electron chi connectivity index (χ0n) is 63.6. The summed E-state index contributed by atoms with van der Waals surface area (Å²) in [5, 5.41) is 6.93. The topological polar surface area (TPSA) is 103 Å². The zero-order valence-corrected chi connectivity index (χ0v) is 63.6. The Morgan fingerprint density at radius 3 is 1.22 bits per heavy atom. The lowest BCUT2D eigenvalue weighted by Crippen LogP contribution is -2.17. The van der Waals surface area contributed by atoms with Crippen LogP contribution in [0.1, 0.15) is 99.9 Å². The molecule has 0 spiro atoms. The van der Waals surface area contributed by atoms with E-state index in [1.807, 2.05) is 43.0 Å². The number of benzene rings is 12. The Kier molecular flexibility index (Phi) is 14.9. The number of rotatable bonds is 8. The lowest BCUT2D eigenvalue weighted by atomic mass is 9.79. The number of nitrogens with zero attached hydrogens (tertiary/aromatic N) is 8. The van der Waals surface area contributed by atoms with Crippen molar-refractivity contribution in [1.29, 1.82) is 0 Å². The summed E-state index contributed by atoms with van der Waals surface area (Å²) in [6.45, 7) is 18.9. The Hall–Kier alpha value is -13.6. The van der Waals surface area contributed by atoms with Gasteiger partial charge in [0.1, 0.15) is 5.69 Å². The Morgan fingerprint density at radius 1 is 0.196 bits per heavy atom. The minimum atomic E-state index is -0.217. The highest BCUT2D eigenvalue weighted by Crippen LogP contribution is 2.59. The largest absolute Gasteiger partial charge is 0.256 e. The maximum absolute atomic E-state index is 5.31. The molecule has 4 aliphatic carbocycles. The molecule has 112 heavy (non-hydrogen) atoms. The van der Waals surface area contributed by atoms with Crippen LogP contribution in [0.4, 0.5) is 0 Å². The number of hydrogen-bond donors (Lipinski definition) is 0. The molecule has 6 aromatic heterocycles. The van der Waals surface area contributed by atoms with Gasteiger partial charge in [0.2, 0.25) is 0 Å². The summed E-state index contributed by atoms with van der Waals surface area (Å²) in [7, 11) is 0. The number of pyridine rings is 4. The predicted molar refractivity (Wildman–Crippen MR) is 459 cm³/mol. The molecule has 0 fully saturated rings. The van der Waals surface area contributed by atoms with Crippen LogP contribution < -0.4 is 0 Å². The Bertz CT molecular complexity index is 6600. The summed E-state index contributed by atoms with van der Waals surface area (Å²) in [5.41, 5.74) is 36.2. The van der Waals surface area contributed by atoms with Crippen molar-refractivity contribution in [2.75, 3.05) is 0 Å². The molecule has 0 radical (unpaired) electrons. The Morgan fingerprint density at radius 2 is 0.607 bits per heavy atom. The average Bonchev–Trinajstić information content (AvgIpc) is 1.55. The third-order valence-electron chi connectivity index (χ3n) is 24.8. The van der Waals surface area contributed by atoms with Crippen molar-refractivity contribution in [3.63, 3.8) is 0 Å². The van der Waals surface area contributed by atoms with Crippen LogP contribution in [0.15, 0.2) is 316 Å². The van der Waals surface area contributed by atoms with Crippen molar-refractivity contribution in [3.8, 4) is 135 Å². The lowest BCUT2D eigenvalue weighted by molar-refractivity contribution is 0.652. The zero-order chi connectivity index (χ0) is 75.5. The van der Waals surface area contributed by atoms with Gasteiger partial charge >= 0.3 is 0 Å². The van der Waals surface area contributed by atoms with Crippen LogP contribution in [0.3, 0.4) is 0 Å². The highest BCUT2D eigenvalue weighted by molar-refractivity contribution is 6.01. The summed E-state index contributed by atoms with van der Waals surface area (Å²) in [6, 6.07) is 105. The van der Waals surface area contributed by atoms with Gasteiger partial charge in [0.15, 0.2) is 11.6 Å². The molecule has 532 valence electrons. The second kappa shape index (κ2) is 25.0. The Labute approximate surface area is 651 Å². The summed E-state index contributed by atoms with van der Waals surface area (Å²) in [4.78, 5) is 40.4. The molecular formula is C104H76N8. The second-order valence-electron chi connectivity index (χ2n) is 32.6. The molecule has 0 bridgehead atoms. The van der Waals surface area contributed by atoms with Crippen molar-refractivity contribution in [2.45, 2.75) is 77.0 Å². The maximum atomic E-state index is 5.31. The van der Waals surface area contributed by atoms with Crippen LogP contribution in [0.5, 0.6) is 0 Å². The van der Waals surface area contributed by atoms with Crippen LogP contribution in [-0.2, 0) is 21.7 Å². The molecular weight excluding hydrogens is 1360 g/mol. The van der Waals surface area contributed by atoms with Crippen LogP contribution in [0.25, 0.3) is 178 Å². The number of fused-ring (bicyclic) bond motifs is 16. The second-order valence-corrected chi connectivity index (χ2v) is 32.6. The molecule has 0 atom stereocenters. The standard InChI is InChI=1S/2C52H38N4/c1-51(2)42-18-9-7-15-36(42)40-28-45-41(29-44(40)51)37-21-20-33(26-43(37)52(45,3)4)47-30-48(39-23-25-53-46-19-10-8-16-38(39)46)56-50(55-47)49-27-32(22-24-54-49)35-17-11-13-31-12-5-6-14-34(31)35;1-51(2)42-20-8-7-17-37(42)40-28-45-41(29-44(40)51)38-22-21-34(26-43(38)52(45,3)4)50-55-46(39-19-10-14-32-15-11-24-54-49(32)39)30-48(56-50)47-27-33(23-25-53-47)36-18-9-13-31-12-5-6-16-35(31)36/h2*5-30H,1-4H3. The summed E-state index contributed by atoms with van der Waals surface area (Å²) in [5.74, 6) is 1.25. The van der Waals surface area contributed by atoms with Gasteiger partial charge in [-0.05, 0) is 224 Å². The molecule has 0 N–H and O–H groups in total. The molecule has 8 nitrogen and oxygen atoms in total. The smallest absolute Gasteiger partial charge is 0.179 e. The van der Waals surface area contributed by atoms with E-state index in [-0.39, 0.29) is 21.7 Å². The summed E-state index contributed by atoms with van der Waals surface area (Å²) in [6.07, 6.45) is 7.47. The average molecular weight is 1440 g/mol. The SMILES string of the molecule is CC1(C)c2ccccc2-c2cc3c(cc21)-c1ccc(-c2cc(-c4ccnc5ccccc45)nc(-c4cc(-c5cccc6ccccc56)ccn4)n2)cc1C3(C)C.CC1(C)c2ccccc2-c2cc3c(cc21)-c1ccc(-c2nc(-c4cc(-c5cccc6ccccc56)ccn4)cc(-c4cccc5cccnc45)n2)cc1C3(C)C. The van der Waals surface area contributed by atoms with Gasteiger partial charge in [-0.1, -0.05) is 256 Å². The molecule has 0 amide bonds. The van der Waals surface area contributed by atoms with Gasteiger partial charge in [-0.15, -0.1) is 0 Å². The van der Waals surface area contributed by atoms with E-state index in [4.69, 9.17) is 34.9 Å². The fourth-order valence-corrected chi connectivity index (χ4v) is 18.9. The van der Waals surface area contributed by atoms with E-state index in [0.717, 1.165) is 100 Å². The highest BCUT2D eigenvalue weighted by Gasteiger charge is 2.44. The van der Waals surface area contributed by atoms with Gasteiger partial charge in [0, 0.05) is 79.5 Å². The first-order valence-corrected chi connectivity index (χ1v) is 38.8. The summed E-state index contributed by atoms with van der Waals surface area (Å²) >= 11 is 0. The highest BCUT2D eigenvalue weighted by atomic mass is 14.9. The molecule has 0 aliphatic heterocycles. The van der Waals surface area contributed by atoms with Crippen molar-refractivity contribution < 1.29 is 0 Å². The van der Waals surface area contributed by atoms with Crippen molar-refractivity contribution >= 4 is 43.4 Å². The van der Waals surface area contributed by atoms with Gasteiger partial charge in [-0.3, -0.25) is 19.9 Å². The minimum absolute atomic E-state index is 0.0579. The molecule has 12 aromatic carbocycles. The number of hydrogen-bond acceptors (Lipinski definition) is 8. The first kappa shape index (κ1) is 66.6. The lowest BCUT2D eigenvalue weighted by Gasteiger charge is -2.24. The fraction of sp³-hybridized carbons (Fsp3) is 0.115. The first-order chi connectivity index (χ1) is 54.5. The predicted octanol–water partition coefficient (Wildman–Crippen LogP) is 25.7. The molecule has 0 saturated carbocycles. The molecule has 4 aliphatic rings. The van der Waals surface area contributed by atoms with Gasteiger partial charge < -0.3 is 0 Å². The quantitative estimate of drug-likeness (QED) is 0.148. The molecule has 0 unspecified atom stereocenters. The van der Waals surface area contributed by atoms with E-state index >= 15 is 0 Å². The van der Waals surface area contributed by atoms with Gasteiger partial charge in [0.25, 0.3) is 0 Å². The van der Waals surface area contributed by atoms with Gasteiger partial charge in [0.05, 0.1) is 39.5 Å². The third kappa shape index (κ3) is 10.4. The van der Waals surface area contributed by atoms with Gasteiger partial charge in [-0.2, -0.15) is 0 Å². The van der Waals surface area contributed by atoms with E-state index in [2.05, 4.69) is 333 Å². The van der Waals surface area contributed by atoms with Crippen molar-refractivity contribution in [3.05, 3.63) is 360 Å². The third-order valence-corrected chi connectivity index (χ3v) is 24.8. The number of para-hydroxylation sites is 2. The normalized spacial score (nSPS) is 14.4. The van der Waals surface area contributed by atoms with E-state index in [1.165, 1.54) is 111 Å². The van der Waals surface area contributed by atoms with E-state index in [9.17, 15) is 0 Å². The maximum Gasteiger partial charge on any atom is 0.179 e. The van der Waals surface area contributed by atoms with Crippen molar-refractivity contribution in [1.82, 2.24) is 39.9 Å². The fourth-order valence-electron chi connectivity index (χ4n) is 18.9. The van der Waals surface area contributed by atoms with Gasteiger partial charge in [-0.25, -0.2) is 19.9 Å². The number of aromatic nitrogens is 8. The molecule has 0 saturated heterocycles. The Balaban J connectivity index is 0.000000141. The van der Waals surface area contributed by atoms with E-state index < -0.39 is 0 Å². The molecule has 18 aromatic rings. The molecule has 6 heterocycles. The van der Waals surface area contributed by atoms with Crippen LogP contribution in [0, 0.1) is 0 Å². The van der Waals surface area contributed by atoms with Crippen LogP contribution in [-0.4, -0.2) is 39.9 Å². The van der Waals surface area contributed by atoms with Crippen LogP contribution >= 0.6 is 0 Å². The molecule has 22 rings (SSSR count).